The molecule has 3 nitrogen and oxygen atoms in total. The first-order valence-corrected chi connectivity index (χ1v) is 5.23. The van der Waals surface area contributed by atoms with Crippen LogP contribution in [-0.2, 0) is 14.3 Å². The Balaban J connectivity index is 3.94. The summed E-state index contributed by atoms with van der Waals surface area (Å²) < 4.78 is 5.05. The second-order valence-electron chi connectivity index (χ2n) is 3.99. The van der Waals surface area contributed by atoms with Crippen molar-refractivity contribution in [2.45, 2.75) is 52.6 Å². The molecule has 0 N–H and O–H groups in total. The first-order valence-electron chi connectivity index (χ1n) is 5.23. The predicted octanol–water partition coefficient (Wildman–Crippen LogP) is 2.64. The van der Waals surface area contributed by atoms with Gasteiger partial charge < -0.3 is 4.74 Å². The fourth-order valence-corrected chi connectivity index (χ4v) is 1.39. The average molecular weight is 212 g/mol. The van der Waals surface area contributed by atoms with Crippen LogP contribution in [0.1, 0.15) is 46.5 Å². The lowest BCUT2D eigenvalue weighted by Crippen LogP contribution is -2.19. The fraction of sp³-hybridized carbons (Fsp3) is 0.667. The van der Waals surface area contributed by atoms with Crippen molar-refractivity contribution >= 4 is 11.8 Å². The van der Waals surface area contributed by atoms with Crippen molar-refractivity contribution in [3.8, 4) is 0 Å². The van der Waals surface area contributed by atoms with E-state index in [1.165, 1.54) is 13.8 Å². The van der Waals surface area contributed by atoms with Crippen LogP contribution < -0.4 is 0 Å². The molecule has 0 aliphatic heterocycles. The van der Waals surface area contributed by atoms with Gasteiger partial charge in [0.1, 0.15) is 11.9 Å². The maximum absolute atomic E-state index is 10.9. The van der Waals surface area contributed by atoms with Gasteiger partial charge in [0.05, 0.1) is 0 Å². The molecule has 0 aliphatic carbocycles. The minimum atomic E-state index is -0.323. The summed E-state index contributed by atoms with van der Waals surface area (Å²) >= 11 is 0. The average Bonchev–Trinajstić information content (AvgIpc) is 2.00. The number of allylic oxidation sites excluding steroid dienone is 1. The van der Waals surface area contributed by atoms with Gasteiger partial charge >= 0.3 is 5.97 Å². The maximum Gasteiger partial charge on any atom is 0.302 e. The minimum Gasteiger partial charge on any atom is -0.462 e. The van der Waals surface area contributed by atoms with Gasteiger partial charge in [-0.3, -0.25) is 9.59 Å². The molecule has 0 aliphatic rings. The summed E-state index contributed by atoms with van der Waals surface area (Å²) in [6.07, 6.45) is 2.59. The Bertz CT molecular complexity index is 227. The zero-order valence-electron chi connectivity index (χ0n) is 9.84. The lowest BCUT2D eigenvalue weighted by atomic mass is 10.0. The quantitative estimate of drug-likeness (QED) is 0.481. The summed E-state index contributed by atoms with van der Waals surface area (Å²) in [6.45, 7) is 8.64. The lowest BCUT2D eigenvalue weighted by Gasteiger charge is -2.15. The van der Waals surface area contributed by atoms with Crippen LogP contribution in [-0.4, -0.2) is 17.9 Å². The largest absolute Gasteiger partial charge is 0.462 e. The summed E-state index contributed by atoms with van der Waals surface area (Å²) in [5, 5.41) is 0. The van der Waals surface area contributed by atoms with E-state index in [1.807, 2.05) is 6.92 Å². The Hall–Kier alpha value is -1.12. The third-order valence-electron chi connectivity index (χ3n) is 1.98. The topological polar surface area (TPSA) is 43.4 Å². The minimum absolute atomic E-state index is 0.0524. The molecule has 86 valence electrons. The third-order valence-corrected chi connectivity index (χ3v) is 1.98. The Morgan fingerprint density at radius 1 is 1.27 bits per heavy atom. The standard InChI is InChI=1S/C12H20O3/c1-9(2)6-5-7-12(8-10(3)13)15-11(4)14/h12H,1,5-8H2,2-4H3. The molecule has 0 rings (SSSR count). The van der Waals surface area contributed by atoms with Crippen LogP contribution in [0.5, 0.6) is 0 Å². The van der Waals surface area contributed by atoms with E-state index in [9.17, 15) is 9.59 Å². The molecule has 0 saturated heterocycles. The molecule has 0 heterocycles. The summed E-state index contributed by atoms with van der Waals surface area (Å²) in [4.78, 5) is 21.7. The Morgan fingerprint density at radius 3 is 2.27 bits per heavy atom. The van der Waals surface area contributed by atoms with Crippen LogP contribution in [0.15, 0.2) is 12.2 Å². The van der Waals surface area contributed by atoms with Crippen molar-refractivity contribution in [1.29, 1.82) is 0 Å². The van der Waals surface area contributed by atoms with E-state index in [0.717, 1.165) is 24.8 Å². The number of Topliss-reactive ketones (excluding diaryl/α,β-unsaturated/α-hetero) is 1. The summed E-state index contributed by atoms with van der Waals surface area (Å²) in [7, 11) is 0. The molecule has 0 bridgehead atoms. The fourth-order valence-electron chi connectivity index (χ4n) is 1.39. The Kier molecular flexibility index (Phi) is 6.67. The van der Waals surface area contributed by atoms with E-state index < -0.39 is 0 Å². The predicted molar refractivity (Wildman–Crippen MR) is 59.5 cm³/mol. The second kappa shape index (κ2) is 7.21. The maximum atomic E-state index is 10.9. The molecule has 0 fully saturated rings. The zero-order valence-corrected chi connectivity index (χ0v) is 9.84. The van der Waals surface area contributed by atoms with Crippen LogP contribution in [0.2, 0.25) is 0 Å². The van der Waals surface area contributed by atoms with Crippen molar-refractivity contribution in [3.63, 3.8) is 0 Å². The second-order valence-corrected chi connectivity index (χ2v) is 3.99. The molecule has 1 atom stereocenters. The molecule has 0 radical (unpaired) electrons. The number of carbonyl (C=O) groups is 2. The molecule has 0 saturated carbocycles. The van der Waals surface area contributed by atoms with Gasteiger partial charge in [0.15, 0.2) is 0 Å². The third kappa shape index (κ3) is 9.19. The number of hydrogen-bond acceptors (Lipinski definition) is 3. The van der Waals surface area contributed by atoms with Crippen molar-refractivity contribution in [3.05, 3.63) is 12.2 Å². The van der Waals surface area contributed by atoms with Crippen molar-refractivity contribution in [2.75, 3.05) is 0 Å². The molecule has 1 unspecified atom stereocenters. The smallest absolute Gasteiger partial charge is 0.302 e. The van der Waals surface area contributed by atoms with E-state index in [1.54, 1.807) is 0 Å². The molecule has 0 aromatic heterocycles. The van der Waals surface area contributed by atoms with E-state index in [0.29, 0.717) is 6.42 Å². The van der Waals surface area contributed by atoms with E-state index in [2.05, 4.69) is 6.58 Å². The van der Waals surface area contributed by atoms with Crippen molar-refractivity contribution in [1.82, 2.24) is 0 Å². The van der Waals surface area contributed by atoms with Gasteiger partial charge in [0.2, 0.25) is 0 Å². The lowest BCUT2D eigenvalue weighted by molar-refractivity contribution is -0.147. The van der Waals surface area contributed by atoms with Gasteiger partial charge in [-0.05, 0) is 33.1 Å². The Labute approximate surface area is 91.5 Å². The van der Waals surface area contributed by atoms with Crippen LogP contribution in [0.4, 0.5) is 0 Å². The highest BCUT2D eigenvalue weighted by atomic mass is 16.5. The molecule has 0 spiro atoms. The molecule has 0 amide bonds. The van der Waals surface area contributed by atoms with E-state index in [4.69, 9.17) is 4.74 Å². The summed E-state index contributed by atoms with van der Waals surface area (Å²) in [6, 6.07) is 0. The number of carbonyl (C=O) groups excluding carboxylic acids is 2. The van der Waals surface area contributed by atoms with Crippen LogP contribution in [0.25, 0.3) is 0 Å². The van der Waals surface area contributed by atoms with E-state index in [-0.39, 0.29) is 17.9 Å². The van der Waals surface area contributed by atoms with Crippen LogP contribution in [0.3, 0.4) is 0 Å². The van der Waals surface area contributed by atoms with Gasteiger partial charge in [0.25, 0.3) is 0 Å². The van der Waals surface area contributed by atoms with Gasteiger partial charge in [-0.1, -0.05) is 5.57 Å². The normalized spacial score (nSPS) is 11.9. The number of esters is 1. The summed E-state index contributed by atoms with van der Waals surface area (Å²) in [5.74, 6) is -0.270. The SMILES string of the molecule is C=C(C)CCCC(CC(C)=O)OC(C)=O. The highest BCUT2D eigenvalue weighted by molar-refractivity contribution is 5.76. The van der Waals surface area contributed by atoms with Gasteiger partial charge in [0, 0.05) is 13.3 Å². The first-order chi connectivity index (χ1) is 6.91. The van der Waals surface area contributed by atoms with Gasteiger partial charge in [-0.15, -0.1) is 6.58 Å². The number of ether oxygens (including phenoxy) is 1. The van der Waals surface area contributed by atoms with E-state index >= 15 is 0 Å². The molecular weight excluding hydrogens is 192 g/mol. The Morgan fingerprint density at radius 2 is 1.87 bits per heavy atom. The van der Waals surface area contributed by atoms with Crippen molar-refractivity contribution in [2.24, 2.45) is 0 Å². The molecular formula is C12H20O3. The molecule has 3 heteroatoms. The molecule has 0 aromatic carbocycles. The van der Waals surface area contributed by atoms with Gasteiger partial charge in [-0.2, -0.15) is 0 Å². The van der Waals surface area contributed by atoms with Gasteiger partial charge in [-0.25, -0.2) is 0 Å². The van der Waals surface area contributed by atoms with Crippen molar-refractivity contribution < 1.29 is 14.3 Å². The first kappa shape index (κ1) is 13.9. The van der Waals surface area contributed by atoms with Crippen LogP contribution >= 0.6 is 0 Å². The number of ketones is 1. The summed E-state index contributed by atoms with van der Waals surface area (Å²) in [5.41, 5.74) is 1.11. The number of hydrogen-bond donors (Lipinski definition) is 0. The molecule has 15 heavy (non-hydrogen) atoms. The molecule has 0 aromatic rings. The monoisotopic (exact) mass is 212 g/mol. The van der Waals surface area contributed by atoms with Crippen LogP contribution in [0, 0.1) is 0 Å². The number of rotatable bonds is 7. The zero-order chi connectivity index (χ0) is 11.8. The highest BCUT2D eigenvalue weighted by Crippen LogP contribution is 2.12. The highest BCUT2D eigenvalue weighted by Gasteiger charge is 2.13.